The molecule has 0 amide bonds. The van der Waals surface area contributed by atoms with E-state index in [2.05, 4.69) is 22.9 Å². The lowest BCUT2D eigenvalue weighted by Gasteiger charge is -2.09. The van der Waals surface area contributed by atoms with Gasteiger partial charge in [0.05, 0.1) is 0 Å². The molecule has 1 aliphatic heterocycles. The molecular formula is C12H18N2O2S. The highest BCUT2D eigenvalue weighted by molar-refractivity contribution is 7.87. The molecule has 0 aromatic heterocycles. The van der Waals surface area contributed by atoms with Gasteiger partial charge in [0.25, 0.3) is 10.2 Å². The van der Waals surface area contributed by atoms with E-state index >= 15 is 0 Å². The van der Waals surface area contributed by atoms with Gasteiger partial charge in [-0.15, -0.1) is 0 Å². The molecule has 0 aliphatic carbocycles. The Morgan fingerprint density at radius 1 is 1.29 bits per heavy atom. The fourth-order valence-corrected chi connectivity index (χ4v) is 2.86. The van der Waals surface area contributed by atoms with E-state index in [0.717, 1.165) is 6.42 Å². The minimum atomic E-state index is -3.20. The van der Waals surface area contributed by atoms with Crippen LogP contribution in [0.5, 0.6) is 0 Å². The quantitative estimate of drug-likeness (QED) is 0.797. The van der Waals surface area contributed by atoms with E-state index in [1.807, 2.05) is 13.8 Å². The number of nitrogens with zero attached hydrogens (tertiary/aromatic N) is 1. The molecule has 17 heavy (non-hydrogen) atoms. The van der Waals surface area contributed by atoms with Crippen LogP contribution in [0.3, 0.4) is 0 Å². The number of rotatable bonds is 5. The van der Waals surface area contributed by atoms with Crippen LogP contribution in [0.4, 0.5) is 0 Å². The molecule has 0 saturated carbocycles. The van der Waals surface area contributed by atoms with Crippen molar-refractivity contribution in [2.24, 2.45) is 0 Å². The summed E-state index contributed by atoms with van der Waals surface area (Å²) in [7, 11) is -3.20. The molecule has 0 radical (unpaired) electrons. The van der Waals surface area contributed by atoms with Crippen LogP contribution in [0.1, 0.15) is 16.7 Å². The van der Waals surface area contributed by atoms with Gasteiger partial charge in [-0.25, -0.2) is 4.72 Å². The average Bonchev–Trinajstić information content (AvgIpc) is 3.06. The minimum absolute atomic E-state index is 0.461. The van der Waals surface area contributed by atoms with Gasteiger partial charge in [-0.1, -0.05) is 23.8 Å². The van der Waals surface area contributed by atoms with Crippen LogP contribution < -0.4 is 4.72 Å². The van der Waals surface area contributed by atoms with Crippen LogP contribution in [0.15, 0.2) is 18.2 Å². The number of benzene rings is 1. The predicted octanol–water partition coefficient (Wildman–Crippen LogP) is 0.996. The molecule has 0 spiro atoms. The molecule has 1 aromatic rings. The lowest BCUT2D eigenvalue weighted by molar-refractivity contribution is 0.547. The van der Waals surface area contributed by atoms with Gasteiger partial charge in [0.1, 0.15) is 0 Å². The van der Waals surface area contributed by atoms with E-state index in [9.17, 15) is 8.42 Å². The first-order valence-corrected chi connectivity index (χ1v) is 7.24. The maximum absolute atomic E-state index is 11.5. The van der Waals surface area contributed by atoms with Gasteiger partial charge in [0.15, 0.2) is 0 Å². The Kier molecular flexibility index (Phi) is 3.51. The fourth-order valence-electron chi connectivity index (χ4n) is 1.76. The number of hydrogen-bond acceptors (Lipinski definition) is 2. The smallest absolute Gasteiger partial charge is 0.202 e. The van der Waals surface area contributed by atoms with Crippen LogP contribution in [0.25, 0.3) is 0 Å². The lowest BCUT2D eigenvalue weighted by atomic mass is 10.0. The van der Waals surface area contributed by atoms with Crippen molar-refractivity contribution in [3.63, 3.8) is 0 Å². The van der Waals surface area contributed by atoms with Gasteiger partial charge < -0.3 is 0 Å². The zero-order valence-corrected chi connectivity index (χ0v) is 11.0. The highest BCUT2D eigenvalue weighted by atomic mass is 32.2. The van der Waals surface area contributed by atoms with Crippen molar-refractivity contribution in [1.82, 2.24) is 9.03 Å². The SMILES string of the molecule is Cc1ccc(C)c(CCNS(=O)(=O)N2CC2)c1. The Labute approximate surface area is 103 Å². The molecule has 5 heteroatoms. The predicted molar refractivity (Wildman–Crippen MR) is 68.1 cm³/mol. The van der Waals surface area contributed by atoms with Gasteiger partial charge >= 0.3 is 0 Å². The van der Waals surface area contributed by atoms with Crippen molar-refractivity contribution < 1.29 is 8.42 Å². The molecule has 1 heterocycles. The molecule has 2 rings (SSSR count). The molecule has 4 nitrogen and oxygen atoms in total. The van der Waals surface area contributed by atoms with E-state index in [1.165, 1.54) is 21.0 Å². The first-order valence-electron chi connectivity index (χ1n) is 5.80. The molecule has 1 N–H and O–H groups in total. The fraction of sp³-hybridized carbons (Fsp3) is 0.500. The van der Waals surface area contributed by atoms with Crippen LogP contribution in [0.2, 0.25) is 0 Å². The Bertz CT molecular complexity index is 507. The molecule has 94 valence electrons. The number of hydrogen-bond donors (Lipinski definition) is 1. The van der Waals surface area contributed by atoms with Crippen molar-refractivity contribution >= 4 is 10.2 Å². The number of aryl methyl sites for hydroxylation is 2. The monoisotopic (exact) mass is 254 g/mol. The highest BCUT2D eigenvalue weighted by Crippen LogP contribution is 2.12. The first kappa shape index (κ1) is 12.5. The van der Waals surface area contributed by atoms with Gasteiger partial charge in [0, 0.05) is 19.6 Å². The number of nitrogens with one attached hydrogen (secondary N) is 1. The summed E-state index contributed by atoms with van der Waals surface area (Å²) in [6.07, 6.45) is 0.737. The Morgan fingerprint density at radius 2 is 2.00 bits per heavy atom. The van der Waals surface area contributed by atoms with E-state index in [0.29, 0.717) is 19.6 Å². The summed E-state index contributed by atoms with van der Waals surface area (Å²) < 4.78 is 27.1. The van der Waals surface area contributed by atoms with Crippen LogP contribution in [0, 0.1) is 13.8 Å². The Morgan fingerprint density at radius 3 is 2.65 bits per heavy atom. The molecule has 0 bridgehead atoms. The summed E-state index contributed by atoms with van der Waals surface area (Å²) >= 11 is 0. The summed E-state index contributed by atoms with van der Waals surface area (Å²) in [6.45, 7) is 5.86. The summed E-state index contributed by atoms with van der Waals surface area (Å²) in [5.41, 5.74) is 3.62. The molecule has 1 saturated heterocycles. The summed E-state index contributed by atoms with van der Waals surface area (Å²) in [5.74, 6) is 0. The molecule has 0 unspecified atom stereocenters. The first-order chi connectivity index (χ1) is 7.99. The third-order valence-electron chi connectivity index (χ3n) is 2.93. The van der Waals surface area contributed by atoms with E-state index in [4.69, 9.17) is 0 Å². The minimum Gasteiger partial charge on any atom is -0.202 e. The van der Waals surface area contributed by atoms with Crippen LogP contribution >= 0.6 is 0 Å². The maximum Gasteiger partial charge on any atom is 0.279 e. The zero-order valence-electron chi connectivity index (χ0n) is 10.2. The Balaban J connectivity index is 1.91. The van der Waals surface area contributed by atoms with Gasteiger partial charge in [-0.3, -0.25) is 0 Å². The van der Waals surface area contributed by atoms with E-state index in [1.54, 1.807) is 0 Å². The van der Waals surface area contributed by atoms with Crippen molar-refractivity contribution in [1.29, 1.82) is 0 Å². The normalized spacial score (nSPS) is 16.1. The summed E-state index contributed by atoms with van der Waals surface area (Å²) in [5, 5.41) is 0. The average molecular weight is 254 g/mol. The standard InChI is InChI=1S/C12H18N2O2S/c1-10-3-4-11(2)12(9-10)5-6-13-17(15,16)14-7-8-14/h3-4,9,13H,5-8H2,1-2H3. The van der Waals surface area contributed by atoms with E-state index in [-0.39, 0.29) is 0 Å². The Hall–Kier alpha value is -0.910. The van der Waals surface area contributed by atoms with Crippen molar-refractivity contribution in [2.45, 2.75) is 20.3 Å². The van der Waals surface area contributed by atoms with Crippen molar-refractivity contribution in [3.05, 3.63) is 34.9 Å². The largest absolute Gasteiger partial charge is 0.279 e. The van der Waals surface area contributed by atoms with Crippen molar-refractivity contribution in [3.8, 4) is 0 Å². The molecule has 1 fully saturated rings. The second-order valence-corrected chi connectivity index (χ2v) is 6.23. The molecule has 1 aromatic carbocycles. The zero-order chi connectivity index (χ0) is 12.5. The maximum atomic E-state index is 11.5. The van der Waals surface area contributed by atoms with Gasteiger partial charge in [-0.05, 0) is 31.4 Å². The van der Waals surface area contributed by atoms with Crippen LogP contribution in [-0.4, -0.2) is 32.4 Å². The van der Waals surface area contributed by atoms with E-state index < -0.39 is 10.2 Å². The van der Waals surface area contributed by atoms with Gasteiger partial charge in [-0.2, -0.15) is 12.7 Å². The van der Waals surface area contributed by atoms with Crippen LogP contribution in [-0.2, 0) is 16.6 Å². The lowest BCUT2D eigenvalue weighted by Crippen LogP contribution is -2.31. The molecule has 0 atom stereocenters. The molecular weight excluding hydrogens is 236 g/mol. The molecule has 1 aliphatic rings. The summed E-state index contributed by atoms with van der Waals surface area (Å²) in [6, 6.07) is 6.25. The third-order valence-corrected chi connectivity index (χ3v) is 4.54. The highest BCUT2D eigenvalue weighted by Gasteiger charge is 2.30. The topological polar surface area (TPSA) is 49.2 Å². The summed E-state index contributed by atoms with van der Waals surface area (Å²) in [4.78, 5) is 0. The second kappa shape index (κ2) is 4.76. The van der Waals surface area contributed by atoms with Gasteiger partial charge in [0.2, 0.25) is 0 Å². The van der Waals surface area contributed by atoms with Crippen molar-refractivity contribution in [2.75, 3.05) is 19.6 Å². The second-order valence-electron chi connectivity index (χ2n) is 4.48. The third kappa shape index (κ3) is 3.28.